The van der Waals surface area contributed by atoms with Crippen LogP contribution in [0.15, 0.2) is 71.2 Å². The van der Waals surface area contributed by atoms with E-state index in [0.29, 0.717) is 17.3 Å². The Morgan fingerprint density at radius 3 is 2.54 bits per heavy atom. The van der Waals surface area contributed by atoms with E-state index in [9.17, 15) is 9.90 Å². The Morgan fingerprint density at radius 2 is 1.79 bits per heavy atom. The van der Waals surface area contributed by atoms with Crippen molar-refractivity contribution in [2.75, 3.05) is 5.32 Å². The van der Waals surface area contributed by atoms with Gasteiger partial charge >= 0.3 is 5.97 Å². The molecule has 0 aliphatic rings. The fourth-order valence-corrected chi connectivity index (χ4v) is 3.29. The molecule has 0 aliphatic carbocycles. The van der Waals surface area contributed by atoms with E-state index in [2.05, 4.69) is 21.2 Å². The van der Waals surface area contributed by atoms with Gasteiger partial charge in [0.25, 0.3) is 0 Å². The minimum atomic E-state index is -0.969. The lowest BCUT2D eigenvalue weighted by Crippen LogP contribution is -2.03. The van der Waals surface area contributed by atoms with Crippen LogP contribution in [-0.2, 0) is 0 Å². The van der Waals surface area contributed by atoms with E-state index in [1.165, 1.54) is 0 Å². The summed E-state index contributed by atoms with van der Waals surface area (Å²) >= 11 is 3.50. The highest BCUT2D eigenvalue weighted by Gasteiger charge is 2.13. The summed E-state index contributed by atoms with van der Waals surface area (Å²) in [6.45, 7) is 1.92. The van der Waals surface area contributed by atoms with Crippen LogP contribution in [-0.4, -0.2) is 21.0 Å². The molecule has 0 spiro atoms. The number of nitrogens with one attached hydrogen (secondary N) is 1. The Labute approximate surface area is 170 Å². The van der Waals surface area contributed by atoms with Crippen molar-refractivity contribution in [3.63, 3.8) is 0 Å². The van der Waals surface area contributed by atoms with Gasteiger partial charge in [-0.2, -0.15) is 0 Å². The third-order valence-electron chi connectivity index (χ3n) is 4.43. The molecule has 28 heavy (non-hydrogen) atoms. The van der Waals surface area contributed by atoms with E-state index in [-0.39, 0.29) is 5.56 Å². The molecule has 2 N–H and O–H groups in total. The zero-order chi connectivity index (χ0) is 19.7. The Kier molecular flexibility index (Phi) is 4.79. The molecule has 0 saturated carbocycles. The molecular formula is C22H16BrN3O2. The average Bonchev–Trinajstić information content (AvgIpc) is 2.70. The van der Waals surface area contributed by atoms with E-state index in [1.807, 2.05) is 55.5 Å². The van der Waals surface area contributed by atoms with Crippen molar-refractivity contribution >= 4 is 44.3 Å². The van der Waals surface area contributed by atoms with Crippen LogP contribution in [0, 0.1) is 6.92 Å². The quantitative estimate of drug-likeness (QED) is 0.424. The van der Waals surface area contributed by atoms with Crippen LogP contribution in [0.4, 0.5) is 11.5 Å². The SMILES string of the molecule is Cc1ccc(C(=O)O)cc1Nc1nc(-c2ccccc2)nc2ccc(Br)cc12. The van der Waals surface area contributed by atoms with Gasteiger partial charge in [-0.25, -0.2) is 14.8 Å². The van der Waals surface area contributed by atoms with E-state index in [1.54, 1.807) is 18.2 Å². The maximum absolute atomic E-state index is 11.4. The van der Waals surface area contributed by atoms with Gasteiger partial charge in [0.05, 0.1) is 11.1 Å². The standard InChI is InChI=1S/C22H16BrN3O2/c1-13-7-8-15(22(27)28)11-19(13)25-21-17-12-16(23)9-10-18(17)24-20(26-21)14-5-3-2-4-6-14/h2-12H,1H3,(H,27,28)(H,24,25,26). The van der Waals surface area contributed by atoms with Crippen molar-refractivity contribution in [2.45, 2.75) is 6.92 Å². The summed E-state index contributed by atoms with van der Waals surface area (Å²) in [5.41, 5.74) is 3.54. The number of carbonyl (C=O) groups is 1. The minimum absolute atomic E-state index is 0.218. The Balaban J connectivity index is 1.89. The number of carboxylic acids is 1. The maximum Gasteiger partial charge on any atom is 0.335 e. The number of halogens is 1. The first-order chi connectivity index (χ1) is 13.5. The Morgan fingerprint density at radius 1 is 1.00 bits per heavy atom. The lowest BCUT2D eigenvalue weighted by atomic mass is 10.1. The molecule has 0 bridgehead atoms. The van der Waals surface area contributed by atoms with Gasteiger partial charge < -0.3 is 10.4 Å². The molecule has 138 valence electrons. The van der Waals surface area contributed by atoms with Crippen LogP contribution < -0.4 is 5.32 Å². The first kappa shape index (κ1) is 18.1. The van der Waals surface area contributed by atoms with Crippen molar-refractivity contribution in [3.05, 3.63) is 82.3 Å². The van der Waals surface area contributed by atoms with Gasteiger partial charge in [-0.05, 0) is 42.8 Å². The van der Waals surface area contributed by atoms with Gasteiger partial charge in [0.1, 0.15) is 5.82 Å². The van der Waals surface area contributed by atoms with E-state index in [4.69, 9.17) is 9.97 Å². The normalized spacial score (nSPS) is 10.8. The third kappa shape index (κ3) is 3.59. The molecule has 5 nitrogen and oxygen atoms in total. The van der Waals surface area contributed by atoms with Crippen LogP contribution in [0.5, 0.6) is 0 Å². The van der Waals surface area contributed by atoms with E-state index < -0.39 is 5.97 Å². The number of fused-ring (bicyclic) bond motifs is 1. The summed E-state index contributed by atoms with van der Waals surface area (Å²) in [5, 5.41) is 13.5. The second-order valence-electron chi connectivity index (χ2n) is 6.38. The molecule has 0 aliphatic heterocycles. The number of nitrogens with zero attached hydrogens (tertiary/aromatic N) is 2. The van der Waals surface area contributed by atoms with Gasteiger partial charge in [-0.3, -0.25) is 0 Å². The summed E-state index contributed by atoms with van der Waals surface area (Å²) in [5.74, 6) is 0.254. The van der Waals surface area contributed by atoms with Gasteiger partial charge in [0.15, 0.2) is 5.82 Å². The molecule has 1 aromatic heterocycles. The summed E-state index contributed by atoms with van der Waals surface area (Å²) in [6.07, 6.45) is 0. The summed E-state index contributed by atoms with van der Waals surface area (Å²) in [4.78, 5) is 20.8. The monoisotopic (exact) mass is 433 g/mol. The molecule has 3 aromatic carbocycles. The lowest BCUT2D eigenvalue weighted by Gasteiger charge is -2.14. The molecule has 0 amide bonds. The molecule has 0 unspecified atom stereocenters. The fraction of sp³-hybridized carbons (Fsp3) is 0.0455. The largest absolute Gasteiger partial charge is 0.478 e. The van der Waals surface area contributed by atoms with Crippen molar-refractivity contribution in [3.8, 4) is 11.4 Å². The number of rotatable bonds is 4. The van der Waals surface area contributed by atoms with Gasteiger partial charge in [0, 0.05) is 21.1 Å². The number of benzene rings is 3. The van der Waals surface area contributed by atoms with Crippen LogP contribution in [0.3, 0.4) is 0 Å². The second kappa shape index (κ2) is 7.40. The Bertz CT molecular complexity index is 1190. The highest BCUT2D eigenvalue weighted by atomic mass is 79.9. The zero-order valence-corrected chi connectivity index (χ0v) is 16.6. The molecule has 1 heterocycles. The van der Waals surface area contributed by atoms with E-state index >= 15 is 0 Å². The summed E-state index contributed by atoms with van der Waals surface area (Å²) in [6, 6.07) is 20.5. The zero-order valence-electron chi connectivity index (χ0n) is 15.0. The number of aromatic carboxylic acids is 1. The van der Waals surface area contributed by atoms with Gasteiger partial charge in [0.2, 0.25) is 0 Å². The summed E-state index contributed by atoms with van der Waals surface area (Å²) < 4.78 is 0.912. The van der Waals surface area contributed by atoms with Crippen molar-refractivity contribution < 1.29 is 9.90 Å². The number of carboxylic acid groups (broad SMARTS) is 1. The highest BCUT2D eigenvalue weighted by molar-refractivity contribution is 9.10. The average molecular weight is 434 g/mol. The predicted octanol–water partition coefficient (Wildman–Crippen LogP) is 5.81. The number of anilines is 2. The lowest BCUT2D eigenvalue weighted by molar-refractivity contribution is 0.0697. The third-order valence-corrected chi connectivity index (χ3v) is 4.92. The fourth-order valence-electron chi connectivity index (χ4n) is 2.93. The van der Waals surface area contributed by atoms with Crippen molar-refractivity contribution in [2.24, 2.45) is 0 Å². The number of hydrogen-bond acceptors (Lipinski definition) is 4. The maximum atomic E-state index is 11.4. The van der Waals surface area contributed by atoms with Crippen LogP contribution in [0.2, 0.25) is 0 Å². The molecule has 0 fully saturated rings. The molecule has 0 saturated heterocycles. The molecule has 4 aromatic rings. The molecular weight excluding hydrogens is 418 g/mol. The van der Waals surface area contributed by atoms with Crippen molar-refractivity contribution in [1.29, 1.82) is 0 Å². The molecule has 4 rings (SSSR count). The van der Waals surface area contributed by atoms with Crippen LogP contribution >= 0.6 is 15.9 Å². The first-order valence-corrected chi connectivity index (χ1v) is 9.44. The second-order valence-corrected chi connectivity index (χ2v) is 7.30. The first-order valence-electron chi connectivity index (χ1n) is 8.65. The number of aryl methyl sites for hydroxylation is 1. The van der Waals surface area contributed by atoms with E-state index in [0.717, 1.165) is 26.5 Å². The topological polar surface area (TPSA) is 75.1 Å². The molecule has 6 heteroatoms. The van der Waals surface area contributed by atoms with Crippen LogP contribution in [0.1, 0.15) is 15.9 Å². The Hall–Kier alpha value is -3.25. The summed E-state index contributed by atoms with van der Waals surface area (Å²) in [7, 11) is 0. The highest BCUT2D eigenvalue weighted by Crippen LogP contribution is 2.30. The molecule has 0 atom stereocenters. The molecule has 0 radical (unpaired) electrons. The van der Waals surface area contributed by atoms with Crippen molar-refractivity contribution in [1.82, 2.24) is 9.97 Å². The van der Waals surface area contributed by atoms with Crippen LogP contribution in [0.25, 0.3) is 22.3 Å². The number of aromatic nitrogens is 2. The smallest absolute Gasteiger partial charge is 0.335 e. The van der Waals surface area contributed by atoms with Gasteiger partial charge in [-0.15, -0.1) is 0 Å². The van der Waals surface area contributed by atoms with Gasteiger partial charge in [-0.1, -0.05) is 52.3 Å². The predicted molar refractivity (Wildman–Crippen MR) is 114 cm³/mol. The number of hydrogen-bond donors (Lipinski definition) is 2. The minimum Gasteiger partial charge on any atom is -0.478 e.